The first-order valence-electron chi connectivity index (χ1n) is 7.11. The topological polar surface area (TPSA) is 39.1 Å². The van der Waals surface area contributed by atoms with Crippen molar-refractivity contribution in [3.63, 3.8) is 0 Å². The number of halogens is 1. The molecule has 4 nitrogen and oxygen atoms in total. The number of hydrogen-bond donors (Lipinski definition) is 1. The Morgan fingerprint density at radius 1 is 1.43 bits per heavy atom. The van der Waals surface area contributed by atoms with Crippen LogP contribution in [-0.2, 0) is 13.5 Å². The Morgan fingerprint density at radius 3 is 2.71 bits per heavy atom. The van der Waals surface area contributed by atoms with E-state index in [-0.39, 0.29) is 6.04 Å². The predicted molar refractivity (Wildman–Crippen MR) is 88.8 cm³/mol. The first-order chi connectivity index (χ1) is 10.1. The van der Waals surface area contributed by atoms with Gasteiger partial charge in [-0.25, -0.2) is 0 Å². The minimum Gasteiger partial charge on any atom is -0.496 e. The summed E-state index contributed by atoms with van der Waals surface area (Å²) in [4.78, 5) is 0. The summed E-state index contributed by atoms with van der Waals surface area (Å²) >= 11 is 3.55. The second-order valence-electron chi connectivity index (χ2n) is 5.09. The van der Waals surface area contributed by atoms with Crippen LogP contribution in [0.1, 0.15) is 29.8 Å². The lowest BCUT2D eigenvalue weighted by Gasteiger charge is -2.18. The lowest BCUT2D eigenvalue weighted by Crippen LogP contribution is -2.23. The summed E-state index contributed by atoms with van der Waals surface area (Å²) < 4.78 is 8.19. The molecule has 0 fully saturated rings. The molecular weight excluding hydrogens is 330 g/mol. The average Bonchev–Trinajstić information content (AvgIpc) is 2.79. The highest BCUT2D eigenvalue weighted by atomic mass is 79.9. The number of ether oxygens (including phenoxy) is 1. The number of likely N-dealkylation sites (N-methyl/N-ethyl adjacent to an activating group) is 1. The largest absolute Gasteiger partial charge is 0.496 e. The van der Waals surface area contributed by atoms with Gasteiger partial charge in [-0.2, -0.15) is 5.10 Å². The van der Waals surface area contributed by atoms with Crippen molar-refractivity contribution in [1.29, 1.82) is 0 Å². The number of aromatic nitrogens is 2. The van der Waals surface area contributed by atoms with Crippen molar-refractivity contribution >= 4 is 15.9 Å². The first-order valence-corrected chi connectivity index (χ1v) is 7.90. The van der Waals surface area contributed by atoms with Gasteiger partial charge in [0, 0.05) is 24.3 Å². The fourth-order valence-electron chi connectivity index (χ4n) is 2.47. The van der Waals surface area contributed by atoms with Crippen molar-refractivity contribution in [2.45, 2.75) is 26.3 Å². The number of benzene rings is 1. The van der Waals surface area contributed by atoms with E-state index in [1.165, 1.54) is 16.8 Å². The normalized spacial score (nSPS) is 12.4. The molecule has 114 valence electrons. The number of methoxy groups -OCH3 is 1. The molecule has 5 heteroatoms. The number of nitrogens with one attached hydrogen (secondary N) is 1. The molecule has 1 N–H and O–H groups in total. The van der Waals surface area contributed by atoms with Gasteiger partial charge in [0.1, 0.15) is 5.75 Å². The Labute approximate surface area is 134 Å². The van der Waals surface area contributed by atoms with Crippen LogP contribution < -0.4 is 10.1 Å². The highest BCUT2D eigenvalue weighted by Crippen LogP contribution is 2.28. The van der Waals surface area contributed by atoms with Gasteiger partial charge in [-0.05, 0) is 53.5 Å². The van der Waals surface area contributed by atoms with E-state index in [2.05, 4.69) is 52.3 Å². The summed E-state index contributed by atoms with van der Waals surface area (Å²) in [5, 5.41) is 7.90. The number of rotatable bonds is 6. The van der Waals surface area contributed by atoms with Crippen LogP contribution in [0.2, 0.25) is 0 Å². The Balaban J connectivity index is 2.24. The first kappa shape index (κ1) is 16.0. The molecule has 1 heterocycles. The van der Waals surface area contributed by atoms with Gasteiger partial charge in [-0.1, -0.05) is 13.0 Å². The molecule has 21 heavy (non-hydrogen) atoms. The molecule has 1 unspecified atom stereocenters. The van der Waals surface area contributed by atoms with Gasteiger partial charge in [0.05, 0.1) is 17.8 Å². The van der Waals surface area contributed by atoms with Crippen LogP contribution in [-0.4, -0.2) is 23.4 Å². The van der Waals surface area contributed by atoms with E-state index in [0.717, 1.165) is 23.2 Å². The average molecular weight is 352 g/mol. The van der Waals surface area contributed by atoms with E-state index in [4.69, 9.17) is 4.74 Å². The van der Waals surface area contributed by atoms with Gasteiger partial charge in [-0.15, -0.1) is 0 Å². The molecular formula is C16H22BrN3O. The standard InChI is InChI=1S/C16H22BrN3O/c1-5-18-15(13-10-19-20(3)11(13)2)9-12-6-7-16(21-4)14(17)8-12/h6-8,10,15,18H,5,9H2,1-4H3. The predicted octanol–water partition coefficient (Wildman–Crippen LogP) is 3.39. The van der Waals surface area contributed by atoms with Gasteiger partial charge in [0.2, 0.25) is 0 Å². The van der Waals surface area contributed by atoms with E-state index in [0.29, 0.717) is 0 Å². The van der Waals surface area contributed by atoms with E-state index >= 15 is 0 Å². The van der Waals surface area contributed by atoms with Gasteiger partial charge in [0.15, 0.2) is 0 Å². The molecule has 0 aliphatic carbocycles. The molecule has 2 aromatic rings. The van der Waals surface area contributed by atoms with E-state index in [1.54, 1.807) is 7.11 Å². The van der Waals surface area contributed by atoms with Crippen LogP contribution in [0, 0.1) is 6.92 Å². The molecule has 2 rings (SSSR count). The maximum atomic E-state index is 5.28. The smallest absolute Gasteiger partial charge is 0.133 e. The van der Waals surface area contributed by atoms with Gasteiger partial charge in [-0.3, -0.25) is 4.68 Å². The zero-order valence-electron chi connectivity index (χ0n) is 13.0. The molecule has 1 aromatic carbocycles. The van der Waals surface area contributed by atoms with Gasteiger partial charge < -0.3 is 10.1 Å². The lowest BCUT2D eigenvalue weighted by atomic mass is 9.99. The molecule has 0 aliphatic heterocycles. The van der Waals surface area contributed by atoms with Crippen LogP contribution in [0.3, 0.4) is 0 Å². The third kappa shape index (κ3) is 3.66. The molecule has 1 aromatic heterocycles. The second-order valence-corrected chi connectivity index (χ2v) is 5.95. The Hall–Kier alpha value is -1.33. The van der Waals surface area contributed by atoms with Crippen molar-refractivity contribution in [2.75, 3.05) is 13.7 Å². The highest BCUT2D eigenvalue weighted by molar-refractivity contribution is 9.10. The fraction of sp³-hybridized carbons (Fsp3) is 0.438. The van der Waals surface area contributed by atoms with Crippen LogP contribution in [0.25, 0.3) is 0 Å². The summed E-state index contributed by atoms with van der Waals surface area (Å²) in [5.74, 6) is 0.858. The Bertz CT molecular complexity index is 610. The highest BCUT2D eigenvalue weighted by Gasteiger charge is 2.17. The minimum atomic E-state index is 0.268. The van der Waals surface area contributed by atoms with Gasteiger partial charge >= 0.3 is 0 Å². The van der Waals surface area contributed by atoms with Crippen LogP contribution >= 0.6 is 15.9 Å². The van der Waals surface area contributed by atoms with Crippen molar-refractivity contribution < 1.29 is 4.74 Å². The molecule has 0 saturated carbocycles. The maximum Gasteiger partial charge on any atom is 0.133 e. The zero-order valence-corrected chi connectivity index (χ0v) is 14.6. The SMILES string of the molecule is CCNC(Cc1ccc(OC)c(Br)c1)c1cnn(C)c1C. The van der Waals surface area contributed by atoms with Crippen molar-refractivity contribution in [1.82, 2.24) is 15.1 Å². The second kappa shape index (κ2) is 7.09. The Morgan fingerprint density at radius 2 is 2.19 bits per heavy atom. The maximum absolute atomic E-state index is 5.28. The van der Waals surface area contributed by atoms with E-state index in [1.807, 2.05) is 24.0 Å². The summed E-state index contributed by atoms with van der Waals surface area (Å²) in [6.45, 7) is 5.16. The van der Waals surface area contributed by atoms with Crippen molar-refractivity contribution in [3.05, 3.63) is 45.7 Å². The third-order valence-electron chi connectivity index (χ3n) is 3.76. The lowest BCUT2D eigenvalue weighted by molar-refractivity contribution is 0.412. The monoisotopic (exact) mass is 351 g/mol. The van der Waals surface area contributed by atoms with Crippen LogP contribution in [0.4, 0.5) is 0 Å². The summed E-state index contributed by atoms with van der Waals surface area (Å²) in [6, 6.07) is 6.50. The third-order valence-corrected chi connectivity index (χ3v) is 4.37. The molecule has 0 spiro atoms. The number of nitrogens with zero attached hydrogens (tertiary/aromatic N) is 2. The molecule has 0 aliphatic rings. The molecule has 1 atom stereocenters. The molecule has 0 radical (unpaired) electrons. The summed E-state index contributed by atoms with van der Waals surface area (Å²) in [7, 11) is 3.66. The quantitative estimate of drug-likeness (QED) is 0.866. The molecule has 0 bridgehead atoms. The summed E-state index contributed by atoms with van der Waals surface area (Å²) in [6.07, 6.45) is 2.88. The van der Waals surface area contributed by atoms with E-state index < -0.39 is 0 Å². The van der Waals surface area contributed by atoms with Crippen LogP contribution in [0.5, 0.6) is 5.75 Å². The molecule has 0 saturated heterocycles. The van der Waals surface area contributed by atoms with Crippen molar-refractivity contribution in [3.8, 4) is 5.75 Å². The molecule has 0 amide bonds. The number of hydrogen-bond acceptors (Lipinski definition) is 3. The summed E-state index contributed by atoms with van der Waals surface area (Å²) in [5.41, 5.74) is 3.72. The zero-order chi connectivity index (χ0) is 15.4. The Kier molecular flexibility index (Phi) is 5.42. The fourth-order valence-corrected chi connectivity index (χ4v) is 3.06. The van der Waals surface area contributed by atoms with Crippen LogP contribution in [0.15, 0.2) is 28.9 Å². The van der Waals surface area contributed by atoms with E-state index in [9.17, 15) is 0 Å². The minimum absolute atomic E-state index is 0.268. The van der Waals surface area contributed by atoms with Crippen molar-refractivity contribution in [2.24, 2.45) is 7.05 Å². The number of aryl methyl sites for hydroxylation is 1. The van der Waals surface area contributed by atoms with Gasteiger partial charge in [0.25, 0.3) is 0 Å².